The zero-order valence-electron chi connectivity index (χ0n) is 7.21. The molecular formula is C9H15NOS. The number of hydrogen-bond acceptors (Lipinski definition) is 2. The van der Waals surface area contributed by atoms with E-state index in [1.54, 1.807) is 0 Å². The summed E-state index contributed by atoms with van der Waals surface area (Å²) in [5.74, 6) is 0. The van der Waals surface area contributed by atoms with Crippen LogP contribution in [0.1, 0.15) is 38.5 Å². The molecule has 0 bridgehead atoms. The summed E-state index contributed by atoms with van der Waals surface area (Å²) in [6, 6.07) is 0. The van der Waals surface area contributed by atoms with Crippen LogP contribution in [0.2, 0.25) is 0 Å². The molecule has 0 amide bonds. The van der Waals surface area contributed by atoms with Crippen LogP contribution in [-0.2, 0) is 4.74 Å². The lowest BCUT2D eigenvalue weighted by atomic mass is 9.78. The summed E-state index contributed by atoms with van der Waals surface area (Å²) in [5.41, 5.74) is 5.73. The molecule has 0 aromatic carbocycles. The van der Waals surface area contributed by atoms with E-state index in [9.17, 15) is 0 Å². The largest absolute Gasteiger partial charge is 0.393 e. The monoisotopic (exact) mass is 185 g/mol. The Labute approximate surface area is 78.5 Å². The Kier molecular flexibility index (Phi) is 2.09. The van der Waals surface area contributed by atoms with Gasteiger partial charge < -0.3 is 10.5 Å². The molecule has 2 fully saturated rings. The summed E-state index contributed by atoms with van der Waals surface area (Å²) in [6.07, 6.45) is 7.30. The highest BCUT2D eigenvalue weighted by Gasteiger charge is 2.44. The first-order valence-electron chi connectivity index (χ1n) is 4.66. The fourth-order valence-corrected chi connectivity index (χ4v) is 2.39. The van der Waals surface area contributed by atoms with Crippen LogP contribution in [0, 0.1) is 0 Å². The Morgan fingerprint density at radius 3 is 2.67 bits per heavy atom. The maximum absolute atomic E-state index is 5.93. The van der Waals surface area contributed by atoms with E-state index in [1.165, 1.54) is 25.7 Å². The lowest BCUT2D eigenvalue weighted by molar-refractivity contribution is -0.0883. The standard InChI is InChI=1S/C9H15NOS/c10-8(12)6-7-2-5-9(11-7)3-1-4-9/h7H,1-6H2,(H2,10,12). The normalized spacial score (nSPS) is 31.8. The van der Waals surface area contributed by atoms with Crippen molar-refractivity contribution in [3.63, 3.8) is 0 Å². The van der Waals surface area contributed by atoms with Crippen molar-refractivity contribution in [2.24, 2.45) is 5.73 Å². The van der Waals surface area contributed by atoms with Crippen molar-refractivity contribution in [2.45, 2.75) is 50.2 Å². The minimum atomic E-state index is 0.259. The highest BCUT2D eigenvalue weighted by Crippen LogP contribution is 2.46. The highest BCUT2D eigenvalue weighted by atomic mass is 32.1. The van der Waals surface area contributed by atoms with E-state index in [0.717, 1.165) is 12.8 Å². The van der Waals surface area contributed by atoms with Gasteiger partial charge >= 0.3 is 0 Å². The topological polar surface area (TPSA) is 35.2 Å². The van der Waals surface area contributed by atoms with E-state index in [1.807, 2.05) is 0 Å². The molecule has 3 heteroatoms. The molecule has 1 atom stereocenters. The second-order valence-corrected chi connectivity index (χ2v) is 4.51. The van der Waals surface area contributed by atoms with Gasteiger partial charge in [0.05, 0.1) is 16.7 Å². The van der Waals surface area contributed by atoms with E-state index >= 15 is 0 Å². The van der Waals surface area contributed by atoms with Gasteiger partial charge in [0.2, 0.25) is 0 Å². The molecule has 2 aliphatic rings. The third kappa shape index (κ3) is 1.48. The number of rotatable bonds is 2. The van der Waals surface area contributed by atoms with Crippen LogP contribution in [0.3, 0.4) is 0 Å². The molecule has 1 unspecified atom stereocenters. The lowest BCUT2D eigenvalue weighted by Crippen LogP contribution is -2.37. The maximum atomic E-state index is 5.93. The van der Waals surface area contributed by atoms with Gasteiger partial charge in [-0.25, -0.2) is 0 Å². The van der Waals surface area contributed by atoms with Gasteiger partial charge in [-0.05, 0) is 32.1 Å². The smallest absolute Gasteiger partial charge is 0.0753 e. The fourth-order valence-electron chi connectivity index (χ4n) is 2.20. The van der Waals surface area contributed by atoms with Crippen LogP contribution in [0.15, 0.2) is 0 Å². The van der Waals surface area contributed by atoms with Crippen molar-refractivity contribution >= 4 is 17.2 Å². The third-order valence-electron chi connectivity index (χ3n) is 3.03. The van der Waals surface area contributed by atoms with Gasteiger partial charge in [0.25, 0.3) is 0 Å². The molecule has 12 heavy (non-hydrogen) atoms. The molecule has 1 heterocycles. The molecule has 2 nitrogen and oxygen atoms in total. The lowest BCUT2D eigenvalue weighted by Gasteiger charge is -2.37. The second kappa shape index (κ2) is 2.96. The summed E-state index contributed by atoms with van der Waals surface area (Å²) in [6.45, 7) is 0. The first kappa shape index (κ1) is 8.45. The van der Waals surface area contributed by atoms with Crippen molar-refractivity contribution in [1.82, 2.24) is 0 Å². The quantitative estimate of drug-likeness (QED) is 0.666. The van der Waals surface area contributed by atoms with Crippen LogP contribution in [0.5, 0.6) is 0 Å². The average molecular weight is 185 g/mol. The summed E-state index contributed by atoms with van der Waals surface area (Å²) in [5, 5.41) is 0. The predicted octanol–water partition coefficient (Wildman–Crippen LogP) is 1.76. The summed E-state index contributed by atoms with van der Waals surface area (Å²) >= 11 is 4.86. The number of ether oxygens (including phenoxy) is 1. The first-order valence-corrected chi connectivity index (χ1v) is 5.07. The SMILES string of the molecule is NC(=S)CC1CCC2(CCC2)O1. The van der Waals surface area contributed by atoms with Crippen molar-refractivity contribution in [1.29, 1.82) is 0 Å². The molecule has 0 aromatic heterocycles. The highest BCUT2D eigenvalue weighted by molar-refractivity contribution is 7.80. The Hall–Kier alpha value is -0.150. The number of nitrogens with two attached hydrogens (primary N) is 1. The van der Waals surface area contributed by atoms with Crippen molar-refractivity contribution in [2.75, 3.05) is 0 Å². The van der Waals surface area contributed by atoms with Gasteiger partial charge in [0, 0.05) is 6.42 Å². The number of hydrogen-bond donors (Lipinski definition) is 1. The van der Waals surface area contributed by atoms with Gasteiger partial charge in [0.1, 0.15) is 0 Å². The maximum Gasteiger partial charge on any atom is 0.0753 e. The molecule has 1 saturated heterocycles. The third-order valence-corrected chi connectivity index (χ3v) is 3.20. The Bertz CT molecular complexity index is 201. The fraction of sp³-hybridized carbons (Fsp3) is 0.889. The zero-order valence-corrected chi connectivity index (χ0v) is 8.03. The summed E-state index contributed by atoms with van der Waals surface area (Å²) in [7, 11) is 0. The molecule has 2 rings (SSSR count). The molecular weight excluding hydrogens is 170 g/mol. The molecule has 1 aliphatic carbocycles. The number of thiocarbonyl (C=S) groups is 1. The van der Waals surface area contributed by atoms with E-state index in [0.29, 0.717) is 11.1 Å². The van der Waals surface area contributed by atoms with Gasteiger partial charge in [-0.1, -0.05) is 12.2 Å². The van der Waals surface area contributed by atoms with E-state index in [2.05, 4.69) is 0 Å². The van der Waals surface area contributed by atoms with Crippen LogP contribution < -0.4 is 5.73 Å². The molecule has 2 N–H and O–H groups in total. The van der Waals surface area contributed by atoms with Crippen LogP contribution >= 0.6 is 12.2 Å². The first-order chi connectivity index (χ1) is 5.70. The summed E-state index contributed by atoms with van der Waals surface area (Å²) < 4.78 is 5.93. The van der Waals surface area contributed by atoms with E-state index in [-0.39, 0.29) is 5.60 Å². The van der Waals surface area contributed by atoms with Crippen LogP contribution in [-0.4, -0.2) is 16.7 Å². The molecule has 0 radical (unpaired) electrons. The molecule has 0 aromatic rings. The van der Waals surface area contributed by atoms with E-state index < -0.39 is 0 Å². The minimum absolute atomic E-state index is 0.259. The summed E-state index contributed by atoms with van der Waals surface area (Å²) in [4.78, 5) is 0.594. The molecule has 1 saturated carbocycles. The average Bonchev–Trinajstić information content (AvgIpc) is 2.29. The van der Waals surface area contributed by atoms with Crippen LogP contribution in [0.25, 0.3) is 0 Å². The van der Waals surface area contributed by atoms with Gasteiger partial charge in [-0.2, -0.15) is 0 Å². The van der Waals surface area contributed by atoms with Gasteiger partial charge in [-0.3, -0.25) is 0 Å². The van der Waals surface area contributed by atoms with Crippen molar-refractivity contribution in [3.8, 4) is 0 Å². The van der Waals surface area contributed by atoms with Crippen molar-refractivity contribution < 1.29 is 4.74 Å². The van der Waals surface area contributed by atoms with Crippen LogP contribution in [0.4, 0.5) is 0 Å². The van der Waals surface area contributed by atoms with E-state index in [4.69, 9.17) is 22.7 Å². The second-order valence-electron chi connectivity index (χ2n) is 3.99. The molecule has 1 aliphatic heterocycles. The zero-order chi connectivity index (χ0) is 8.60. The minimum Gasteiger partial charge on any atom is -0.393 e. The molecule has 1 spiro atoms. The van der Waals surface area contributed by atoms with Gasteiger partial charge in [0.15, 0.2) is 0 Å². The Morgan fingerprint density at radius 2 is 2.25 bits per heavy atom. The predicted molar refractivity (Wildman–Crippen MR) is 52.1 cm³/mol. The Morgan fingerprint density at radius 1 is 1.50 bits per heavy atom. The van der Waals surface area contributed by atoms with Gasteiger partial charge in [-0.15, -0.1) is 0 Å². The molecule has 68 valence electrons. The van der Waals surface area contributed by atoms with Crippen molar-refractivity contribution in [3.05, 3.63) is 0 Å². The Balaban J connectivity index is 1.85.